The third kappa shape index (κ3) is 4.12. The Morgan fingerprint density at radius 1 is 1.43 bits per heavy atom. The smallest absolute Gasteiger partial charge is 0.276 e. The minimum Gasteiger partial charge on any atom is -0.482 e. The van der Waals surface area contributed by atoms with Gasteiger partial charge in [-0.15, -0.1) is 10.2 Å². The highest BCUT2D eigenvalue weighted by Crippen LogP contribution is 2.22. The predicted molar refractivity (Wildman–Crippen MR) is 82.5 cm³/mol. The lowest BCUT2D eigenvalue weighted by molar-refractivity contribution is -0.119. The van der Waals surface area contributed by atoms with Crippen molar-refractivity contribution in [3.8, 4) is 5.75 Å². The SMILES string of the molecule is CCSc1nnc(C)n1NC(=O)COc1ccccc1Cl. The number of aryl methyl sites for hydroxylation is 1. The van der Waals surface area contributed by atoms with Gasteiger partial charge in [-0.3, -0.25) is 10.2 Å². The van der Waals surface area contributed by atoms with Crippen LogP contribution in [0.15, 0.2) is 29.4 Å². The molecule has 2 rings (SSSR count). The summed E-state index contributed by atoms with van der Waals surface area (Å²) in [5, 5.41) is 9.03. The zero-order chi connectivity index (χ0) is 15.2. The van der Waals surface area contributed by atoms with Crippen molar-refractivity contribution in [2.75, 3.05) is 17.8 Å². The van der Waals surface area contributed by atoms with Gasteiger partial charge in [-0.1, -0.05) is 42.4 Å². The van der Waals surface area contributed by atoms with Gasteiger partial charge in [-0.05, 0) is 24.8 Å². The van der Waals surface area contributed by atoms with E-state index in [0.717, 1.165) is 5.75 Å². The van der Waals surface area contributed by atoms with E-state index in [4.69, 9.17) is 16.3 Å². The van der Waals surface area contributed by atoms with Crippen molar-refractivity contribution in [2.24, 2.45) is 0 Å². The zero-order valence-electron chi connectivity index (χ0n) is 11.7. The molecule has 0 radical (unpaired) electrons. The van der Waals surface area contributed by atoms with Gasteiger partial charge in [-0.25, -0.2) is 4.68 Å². The maximum absolute atomic E-state index is 11.9. The molecule has 0 spiro atoms. The molecule has 0 aliphatic heterocycles. The number of benzene rings is 1. The van der Waals surface area contributed by atoms with E-state index in [1.807, 2.05) is 6.92 Å². The van der Waals surface area contributed by atoms with E-state index in [2.05, 4.69) is 15.6 Å². The van der Waals surface area contributed by atoms with Gasteiger partial charge in [0.05, 0.1) is 5.02 Å². The maximum atomic E-state index is 11.9. The number of para-hydroxylation sites is 1. The summed E-state index contributed by atoms with van der Waals surface area (Å²) in [6.07, 6.45) is 0. The summed E-state index contributed by atoms with van der Waals surface area (Å²) in [5.74, 6) is 1.61. The van der Waals surface area contributed by atoms with Crippen molar-refractivity contribution in [3.05, 3.63) is 35.1 Å². The molecular formula is C13H15ClN4O2S. The molecule has 6 nitrogen and oxygen atoms in total. The van der Waals surface area contributed by atoms with E-state index in [0.29, 0.717) is 21.8 Å². The molecule has 0 bridgehead atoms. The first-order chi connectivity index (χ1) is 10.1. The molecule has 1 aromatic heterocycles. The van der Waals surface area contributed by atoms with Gasteiger partial charge in [0.25, 0.3) is 5.91 Å². The Morgan fingerprint density at radius 3 is 2.90 bits per heavy atom. The Hall–Kier alpha value is -1.73. The van der Waals surface area contributed by atoms with Crippen molar-refractivity contribution in [3.63, 3.8) is 0 Å². The van der Waals surface area contributed by atoms with Crippen molar-refractivity contribution in [1.29, 1.82) is 0 Å². The van der Waals surface area contributed by atoms with Gasteiger partial charge in [-0.2, -0.15) is 0 Å². The number of hydrogen-bond donors (Lipinski definition) is 1. The van der Waals surface area contributed by atoms with Gasteiger partial charge in [0, 0.05) is 0 Å². The molecule has 2 aromatic rings. The first-order valence-corrected chi connectivity index (χ1v) is 7.70. The van der Waals surface area contributed by atoms with Gasteiger partial charge >= 0.3 is 0 Å². The topological polar surface area (TPSA) is 69.0 Å². The molecule has 0 aliphatic rings. The van der Waals surface area contributed by atoms with Crippen LogP contribution in [0.25, 0.3) is 0 Å². The number of carbonyl (C=O) groups is 1. The van der Waals surface area contributed by atoms with Crippen LogP contribution in [0.2, 0.25) is 5.02 Å². The van der Waals surface area contributed by atoms with Crippen LogP contribution < -0.4 is 10.2 Å². The average molecular weight is 327 g/mol. The van der Waals surface area contributed by atoms with Crippen LogP contribution in [0, 0.1) is 6.92 Å². The lowest BCUT2D eigenvalue weighted by Crippen LogP contribution is -2.29. The molecule has 1 aromatic carbocycles. The van der Waals surface area contributed by atoms with Gasteiger partial charge < -0.3 is 4.74 Å². The standard InChI is InChI=1S/C13H15ClN4O2S/c1-3-21-13-16-15-9(2)18(13)17-12(19)8-20-11-7-5-4-6-10(11)14/h4-7H,3,8H2,1-2H3,(H,17,19). The summed E-state index contributed by atoms with van der Waals surface area (Å²) in [6, 6.07) is 7.00. The summed E-state index contributed by atoms with van der Waals surface area (Å²) >= 11 is 7.45. The number of ether oxygens (including phenoxy) is 1. The molecule has 0 atom stereocenters. The van der Waals surface area contributed by atoms with Crippen LogP contribution in [-0.2, 0) is 4.79 Å². The summed E-state index contributed by atoms with van der Waals surface area (Å²) in [7, 11) is 0. The molecule has 1 N–H and O–H groups in total. The molecule has 8 heteroatoms. The molecule has 0 unspecified atom stereocenters. The van der Waals surface area contributed by atoms with Crippen LogP contribution in [0.4, 0.5) is 0 Å². The summed E-state index contributed by atoms with van der Waals surface area (Å²) in [4.78, 5) is 11.9. The van der Waals surface area contributed by atoms with Crippen molar-refractivity contribution in [2.45, 2.75) is 19.0 Å². The molecule has 112 valence electrons. The van der Waals surface area contributed by atoms with Crippen LogP contribution in [0.5, 0.6) is 5.75 Å². The van der Waals surface area contributed by atoms with Crippen LogP contribution in [-0.4, -0.2) is 33.1 Å². The van der Waals surface area contributed by atoms with Crippen molar-refractivity contribution >= 4 is 29.3 Å². The van der Waals surface area contributed by atoms with E-state index in [-0.39, 0.29) is 12.5 Å². The molecular weight excluding hydrogens is 312 g/mol. The highest BCUT2D eigenvalue weighted by atomic mass is 35.5. The fraction of sp³-hybridized carbons (Fsp3) is 0.308. The maximum Gasteiger partial charge on any atom is 0.276 e. The van der Waals surface area contributed by atoms with Crippen LogP contribution in [0.3, 0.4) is 0 Å². The Labute approximate surface area is 131 Å². The Morgan fingerprint density at radius 2 is 2.19 bits per heavy atom. The largest absolute Gasteiger partial charge is 0.482 e. The Kier molecular flexibility index (Phi) is 5.46. The third-order valence-electron chi connectivity index (χ3n) is 2.50. The number of hydrogen-bond acceptors (Lipinski definition) is 5. The van der Waals surface area contributed by atoms with E-state index >= 15 is 0 Å². The van der Waals surface area contributed by atoms with E-state index < -0.39 is 0 Å². The third-order valence-corrected chi connectivity index (χ3v) is 3.62. The first kappa shape index (κ1) is 15.7. The fourth-order valence-electron chi connectivity index (χ4n) is 1.56. The fourth-order valence-corrected chi connectivity index (χ4v) is 2.41. The predicted octanol–water partition coefficient (Wildman–Crippen LogP) is 2.50. The highest BCUT2D eigenvalue weighted by molar-refractivity contribution is 7.99. The van der Waals surface area contributed by atoms with Gasteiger partial charge in [0.2, 0.25) is 5.16 Å². The monoisotopic (exact) mass is 326 g/mol. The number of halogens is 1. The van der Waals surface area contributed by atoms with Gasteiger partial charge in [0.15, 0.2) is 6.61 Å². The lowest BCUT2D eigenvalue weighted by Gasteiger charge is -2.11. The van der Waals surface area contributed by atoms with E-state index in [9.17, 15) is 4.79 Å². The second kappa shape index (κ2) is 7.33. The summed E-state index contributed by atoms with van der Waals surface area (Å²) in [6.45, 7) is 3.63. The second-order valence-electron chi connectivity index (χ2n) is 4.05. The van der Waals surface area contributed by atoms with E-state index in [1.165, 1.54) is 11.8 Å². The van der Waals surface area contributed by atoms with Crippen LogP contribution >= 0.6 is 23.4 Å². The number of rotatable bonds is 6. The molecule has 21 heavy (non-hydrogen) atoms. The van der Waals surface area contributed by atoms with Crippen LogP contribution in [0.1, 0.15) is 12.7 Å². The second-order valence-corrected chi connectivity index (χ2v) is 5.69. The molecule has 0 saturated carbocycles. The zero-order valence-corrected chi connectivity index (χ0v) is 13.2. The number of aromatic nitrogens is 3. The van der Waals surface area contributed by atoms with Gasteiger partial charge in [0.1, 0.15) is 11.6 Å². The summed E-state index contributed by atoms with van der Waals surface area (Å²) < 4.78 is 6.93. The average Bonchev–Trinajstić information content (AvgIpc) is 2.80. The highest BCUT2D eigenvalue weighted by Gasteiger charge is 2.12. The lowest BCUT2D eigenvalue weighted by atomic mass is 10.3. The number of nitrogens with zero attached hydrogens (tertiary/aromatic N) is 3. The molecule has 1 heterocycles. The molecule has 1 amide bonds. The van der Waals surface area contributed by atoms with Crippen molar-refractivity contribution < 1.29 is 9.53 Å². The number of carbonyl (C=O) groups excluding carboxylic acids is 1. The quantitative estimate of drug-likeness (QED) is 0.826. The first-order valence-electron chi connectivity index (χ1n) is 6.33. The Bertz CT molecular complexity index is 632. The van der Waals surface area contributed by atoms with E-state index in [1.54, 1.807) is 35.9 Å². The molecule has 0 fully saturated rings. The Balaban J connectivity index is 1.96. The minimum atomic E-state index is -0.309. The number of thioether (sulfide) groups is 1. The van der Waals surface area contributed by atoms with Crippen molar-refractivity contribution in [1.82, 2.24) is 14.9 Å². The minimum absolute atomic E-state index is 0.141. The normalized spacial score (nSPS) is 10.4. The summed E-state index contributed by atoms with van der Waals surface area (Å²) in [5.41, 5.74) is 2.70. The molecule has 0 saturated heterocycles. The number of nitrogens with one attached hydrogen (secondary N) is 1. The number of amides is 1. The molecule has 0 aliphatic carbocycles.